The maximum atomic E-state index is 11.4. The number of nitrogens with zero attached hydrogens (tertiary/aromatic N) is 1. The van der Waals surface area contributed by atoms with Gasteiger partial charge in [0.2, 0.25) is 5.75 Å². The highest BCUT2D eigenvalue weighted by molar-refractivity contribution is 6.31. The molecular weight excluding hydrogens is 394 g/mol. The van der Waals surface area contributed by atoms with Gasteiger partial charge >= 0.3 is 5.97 Å². The van der Waals surface area contributed by atoms with E-state index in [9.17, 15) is 9.90 Å². The molecule has 1 fully saturated rings. The number of hydrogen-bond donors (Lipinski definition) is 1. The van der Waals surface area contributed by atoms with Crippen molar-refractivity contribution in [3.8, 4) is 17.2 Å². The van der Waals surface area contributed by atoms with Crippen LogP contribution in [0.4, 0.5) is 0 Å². The van der Waals surface area contributed by atoms with E-state index in [4.69, 9.17) is 25.8 Å². The molecular formula is C22H26ClNO5. The second-order valence-electron chi connectivity index (χ2n) is 7.03. The molecule has 1 aliphatic rings. The first kappa shape index (κ1) is 21.3. The van der Waals surface area contributed by atoms with E-state index in [1.54, 1.807) is 21.3 Å². The Morgan fingerprint density at radius 3 is 2.14 bits per heavy atom. The van der Waals surface area contributed by atoms with E-state index in [-0.39, 0.29) is 12.0 Å². The molecule has 29 heavy (non-hydrogen) atoms. The van der Waals surface area contributed by atoms with Crippen LogP contribution in [0, 0.1) is 5.92 Å². The third-order valence-electron chi connectivity index (χ3n) is 5.45. The Bertz CT molecular complexity index is 839. The molecule has 6 nitrogen and oxygen atoms in total. The Labute approximate surface area is 175 Å². The Kier molecular flexibility index (Phi) is 6.87. The number of methoxy groups -OCH3 is 3. The fourth-order valence-corrected chi connectivity index (χ4v) is 4.19. The van der Waals surface area contributed by atoms with E-state index < -0.39 is 5.97 Å². The Hall–Kier alpha value is -2.44. The van der Waals surface area contributed by atoms with Crippen molar-refractivity contribution in [2.45, 2.75) is 18.9 Å². The van der Waals surface area contributed by atoms with Gasteiger partial charge in [-0.05, 0) is 55.3 Å². The molecule has 1 atom stereocenters. The SMILES string of the molecule is COc1cc(C(c2ccccc2Cl)N2CCC(C(=O)O)CC2)cc(OC)c1OC. The minimum atomic E-state index is -0.730. The quantitative estimate of drug-likeness (QED) is 0.723. The number of carboxylic acids is 1. The first-order chi connectivity index (χ1) is 14.0. The topological polar surface area (TPSA) is 68.2 Å². The molecule has 0 spiro atoms. The summed E-state index contributed by atoms with van der Waals surface area (Å²) in [5.74, 6) is 0.629. The largest absolute Gasteiger partial charge is 0.493 e. The lowest BCUT2D eigenvalue weighted by Crippen LogP contribution is -2.39. The number of halogens is 1. The molecule has 2 aromatic carbocycles. The second-order valence-corrected chi connectivity index (χ2v) is 7.44. The lowest BCUT2D eigenvalue weighted by molar-refractivity contribution is -0.143. The van der Waals surface area contributed by atoms with E-state index in [0.717, 1.165) is 11.1 Å². The zero-order valence-electron chi connectivity index (χ0n) is 16.9. The molecule has 156 valence electrons. The number of hydrogen-bond acceptors (Lipinski definition) is 5. The zero-order valence-corrected chi connectivity index (χ0v) is 17.6. The van der Waals surface area contributed by atoms with Crippen molar-refractivity contribution in [1.29, 1.82) is 0 Å². The van der Waals surface area contributed by atoms with Crippen LogP contribution < -0.4 is 14.2 Å². The van der Waals surface area contributed by atoms with E-state index in [1.165, 1.54) is 0 Å². The van der Waals surface area contributed by atoms with E-state index in [1.807, 2.05) is 36.4 Å². The van der Waals surface area contributed by atoms with E-state index in [0.29, 0.717) is 48.2 Å². The van der Waals surface area contributed by atoms with Crippen LogP contribution in [0.3, 0.4) is 0 Å². The summed E-state index contributed by atoms with van der Waals surface area (Å²) in [5.41, 5.74) is 1.90. The molecule has 1 saturated heterocycles. The fourth-order valence-electron chi connectivity index (χ4n) is 3.95. The monoisotopic (exact) mass is 419 g/mol. The van der Waals surface area contributed by atoms with Crippen LogP contribution in [0.1, 0.15) is 30.0 Å². The molecule has 1 unspecified atom stereocenters. The summed E-state index contributed by atoms with van der Waals surface area (Å²) in [6.07, 6.45) is 1.20. The molecule has 3 rings (SSSR count). The van der Waals surface area contributed by atoms with Crippen LogP contribution in [0.25, 0.3) is 0 Å². The molecule has 0 aliphatic carbocycles. The highest BCUT2D eigenvalue weighted by atomic mass is 35.5. The Morgan fingerprint density at radius 1 is 1.07 bits per heavy atom. The predicted molar refractivity (Wildman–Crippen MR) is 111 cm³/mol. The third kappa shape index (κ3) is 4.43. The van der Waals surface area contributed by atoms with Gasteiger partial charge in [0.1, 0.15) is 0 Å². The van der Waals surface area contributed by atoms with Gasteiger partial charge in [-0.15, -0.1) is 0 Å². The van der Waals surface area contributed by atoms with Crippen molar-refractivity contribution in [2.24, 2.45) is 5.92 Å². The van der Waals surface area contributed by atoms with E-state index in [2.05, 4.69) is 4.90 Å². The van der Waals surface area contributed by atoms with Crippen LogP contribution in [-0.2, 0) is 4.79 Å². The number of carboxylic acid groups (broad SMARTS) is 1. The summed E-state index contributed by atoms with van der Waals surface area (Å²) in [4.78, 5) is 13.6. The summed E-state index contributed by atoms with van der Waals surface area (Å²) in [7, 11) is 4.75. The van der Waals surface area contributed by atoms with Crippen molar-refractivity contribution in [1.82, 2.24) is 4.90 Å². The molecule has 0 bridgehead atoms. The van der Waals surface area contributed by atoms with Gasteiger partial charge in [0.25, 0.3) is 0 Å². The van der Waals surface area contributed by atoms with Gasteiger partial charge in [-0.3, -0.25) is 9.69 Å². The number of ether oxygens (including phenoxy) is 3. The maximum absolute atomic E-state index is 11.4. The smallest absolute Gasteiger partial charge is 0.306 e. The Morgan fingerprint density at radius 2 is 1.66 bits per heavy atom. The van der Waals surface area contributed by atoms with Gasteiger partial charge in [0.05, 0.1) is 33.3 Å². The first-order valence-electron chi connectivity index (χ1n) is 9.51. The van der Waals surface area contributed by atoms with Gasteiger partial charge in [-0.1, -0.05) is 29.8 Å². The van der Waals surface area contributed by atoms with E-state index >= 15 is 0 Å². The van der Waals surface area contributed by atoms with Crippen molar-refractivity contribution in [3.05, 3.63) is 52.5 Å². The minimum absolute atomic E-state index is 0.160. The van der Waals surface area contributed by atoms with Crippen molar-refractivity contribution in [3.63, 3.8) is 0 Å². The summed E-state index contributed by atoms with van der Waals surface area (Å²) in [5, 5.41) is 10.0. The molecule has 0 radical (unpaired) electrons. The second kappa shape index (κ2) is 9.37. The van der Waals surface area contributed by atoms with Gasteiger partial charge in [0, 0.05) is 5.02 Å². The molecule has 0 amide bonds. The molecule has 1 heterocycles. The van der Waals surface area contributed by atoms with Crippen molar-refractivity contribution in [2.75, 3.05) is 34.4 Å². The van der Waals surface area contributed by atoms with Crippen LogP contribution in [0.15, 0.2) is 36.4 Å². The van der Waals surface area contributed by atoms with Crippen LogP contribution in [0.2, 0.25) is 5.02 Å². The van der Waals surface area contributed by atoms with Gasteiger partial charge in [-0.25, -0.2) is 0 Å². The Balaban J connectivity index is 2.07. The average molecular weight is 420 g/mol. The maximum Gasteiger partial charge on any atom is 0.306 e. The van der Waals surface area contributed by atoms with Gasteiger partial charge in [-0.2, -0.15) is 0 Å². The minimum Gasteiger partial charge on any atom is -0.493 e. The van der Waals surface area contributed by atoms with Gasteiger partial charge < -0.3 is 19.3 Å². The summed E-state index contributed by atoms with van der Waals surface area (Å²) >= 11 is 6.57. The highest BCUT2D eigenvalue weighted by Crippen LogP contribution is 2.44. The predicted octanol–water partition coefficient (Wildman–Crippen LogP) is 4.25. The standard InChI is InChI=1S/C22H26ClNO5/c1-27-18-12-15(13-19(28-2)21(18)29-3)20(16-6-4-5-7-17(16)23)24-10-8-14(9-11-24)22(25)26/h4-7,12-14,20H,8-11H2,1-3H3,(H,25,26). The molecule has 7 heteroatoms. The van der Waals surface area contributed by atoms with Crippen LogP contribution in [-0.4, -0.2) is 50.4 Å². The third-order valence-corrected chi connectivity index (χ3v) is 5.79. The normalized spacial score (nSPS) is 16.3. The van der Waals surface area contributed by atoms with Crippen LogP contribution in [0.5, 0.6) is 17.2 Å². The van der Waals surface area contributed by atoms with Crippen molar-refractivity contribution < 1.29 is 24.1 Å². The lowest BCUT2D eigenvalue weighted by atomic mass is 9.91. The summed E-state index contributed by atoms with van der Waals surface area (Å²) in [6.45, 7) is 1.31. The fraction of sp³-hybridized carbons (Fsp3) is 0.409. The van der Waals surface area contributed by atoms with Gasteiger partial charge in [0.15, 0.2) is 11.5 Å². The molecule has 1 aliphatic heterocycles. The van der Waals surface area contributed by atoms with Crippen molar-refractivity contribution >= 4 is 17.6 Å². The zero-order chi connectivity index (χ0) is 21.0. The molecule has 2 aromatic rings. The number of piperidine rings is 1. The summed E-state index contributed by atoms with van der Waals surface area (Å²) in [6, 6.07) is 11.4. The number of carbonyl (C=O) groups is 1. The summed E-state index contributed by atoms with van der Waals surface area (Å²) < 4.78 is 16.5. The molecule has 0 saturated carbocycles. The highest BCUT2D eigenvalue weighted by Gasteiger charge is 2.32. The lowest BCUT2D eigenvalue weighted by Gasteiger charge is -2.37. The molecule has 1 N–H and O–H groups in total. The number of aliphatic carboxylic acids is 1. The number of likely N-dealkylation sites (tertiary alicyclic amines) is 1. The first-order valence-corrected chi connectivity index (χ1v) is 9.89. The number of benzene rings is 2. The molecule has 0 aromatic heterocycles. The average Bonchev–Trinajstić information content (AvgIpc) is 2.74. The van der Waals surface area contributed by atoms with Crippen LogP contribution >= 0.6 is 11.6 Å². The number of rotatable bonds is 7.